The predicted octanol–water partition coefficient (Wildman–Crippen LogP) is 1.35. The summed E-state index contributed by atoms with van der Waals surface area (Å²) in [6.45, 7) is 1.97. The molecule has 4 nitrogen and oxygen atoms in total. The monoisotopic (exact) mass is 234 g/mol. The summed E-state index contributed by atoms with van der Waals surface area (Å²) < 4.78 is 4.92. The van der Waals surface area contributed by atoms with Gasteiger partial charge in [0.2, 0.25) is 5.91 Å². The van der Waals surface area contributed by atoms with Crippen LogP contribution in [-0.2, 0) is 9.53 Å². The van der Waals surface area contributed by atoms with Gasteiger partial charge in [0, 0.05) is 25.9 Å². The molecule has 1 heterocycles. The lowest BCUT2D eigenvalue weighted by atomic mass is 9.90. The minimum absolute atomic E-state index is 0.0377. The van der Waals surface area contributed by atoms with E-state index in [-0.39, 0.29) is 11.8 Å². The van der Waals surface area contributed by atoms with Crippen LogP contribution in [0.25, 0.3) is 0 Å². The quantitative estimate of drug-likeness (QED) is 0.773. The Morgan fingerprint density at radius 2 is 2.35 bits per heavy atom. The number of benzene rings is 1. The van der Waals surface area contributed by atoms with E-state index in [9.17, 15) is 4.79 Å². The lowest BCUT2D eigenvalue weighted by Crippen LogP contribution is -2.34. The smallest absolute Gasteiger partial charge is 0.227 e. The zero-order valence-electron chi connectivity index (χ0n) is 10.0. The van der Waals surface area contributed by atoms with Gasteiger partial charge in [-0.15, -0.1) is 0 Å². The highest BCUT2D eigenvalue weighted by molar-refractivity contribution is 5.86. The van der Waals surface area contributed by atoms with Crippen LogP contribution < -0.4 is 10.6 Å². The molecule has 0 saturated heterocycles. The minimum atomic E-state index is -0.0377. The number of anilines is 1. The van der Waals surface area contributed by atoms with Crippen molar-refractivity contribution in [3.05, 3.63) is 29.8 Å². The Labute approximate surface area is 101 Å². The molecule has 2 N–H and O–H groups in total. The number of nitrogens with one attached hydrogen (secondary N) is 2. The number of methoxy groups -OCH3 is 1. The van der Waals surface area contributed by atoms with E-state index in [0.717, 1.165) is 24.2 Å². The van der Waals surface area contributed by atoms with Crippen molar-refractivity contribution in [1.29, 1.82) is 0 Å². The van der Waals surface area contributed by atoms with E-state index in [1.165, 1.54) is 0 Å². The van der Waals surface area contributed by atoms with Gasteiger partial charge in [-0.25, -0.2) is 0 Å². The fourth-order valence-electron chi connectivity index (χ4n) is 2.14. The normalized spacial score (nSPS) is 18.1. The van der Waals surface area contributed by atoms with E-state index in [1.807, 2.05) is 24.3 Å². The third-order valence-corrected chi connectivity index (χ3v) is 3.01. The largest absolute Gasteiger partial charge is 0.385 e. The molecule has 1 aromatic rings. The number of carbonyl (C=O) groups is 1. The second-order valence-electron chi connectivity index (χ2n) is 4.14. The SMILES string of the molecule is COCCNC(=O)C1CCNc2ccccc21. The van der Waals surface area contributed by atoms with Crippen LogP contribution in [-0.4, -0.2) is 32.7 Å². The summed E-state index contributed by atoms with van der Waals surface area (Å²) in [6.07, 6.45) is 0.843. The lowest BCUT2D eigenvalue weighted by Gasteiger charge is -2.25. The van der Waals surface area contributed by atoms with Crippen molar-refractivity contribution in [2.24, 2.45) is 0 Å². The first kappa shape index (κ1) is 11.9. The van der Waals surface area contributed by atoms with Gasteiger partial charge in [0.15, 0.2) is 0 Å². The molecule has 4 heteroatoms. The first-order valence-electron chi connectivity index (χ1n) is 5.92. The van der Waals surface area contributed by atoms with Crippen molar-refractivity contribution in [3.8, 4) is 0 Å². The maximum absolute atomic E-state index is 12.0. The van der Waals surface area contributed by atoms with Gasteiger partial charge in [0.1, 0.15) is 0 Å². The Balaban J connectivity index is 2.05. The highest BCUT2D eigenvalue weighted by atomic mass is 16.5. The van der Waals surface area contributed by atoms with Gasteiger partial charge in [0.25, 0.3) is 0 Å². The number of para-hydroxylation sites is 1. The number of amides is 1. The molecule has 0 aliphatic carbocycles. The van der Waals surface area contributed by atoms with E-state index in [1.54, 1.807) is 7.11 Å². The number of hydrogen-bond donors (Lipinski definition) is 2. The zero-order chi connectivity index (χ0) is 12.1. The molecule has 0 saturated carbocycles. The molecule has 92 valence electrons. The summed E-state index contributed by atoms with van der Waals surface area (Å²) in [7, 11) is 1.63. The predicted molar refractivity (Wildman–Crippen MR) is 67.2 cm³/mol. The first-order chi connectivity index (χ1) is 8.33. The topological polar surface area (TPSA) is 50.4 Å². The summed E-state index contributed by atoms with van der Waals surface area (Å²) >= 11 is 0. The van der Waals surface area contributed by atoms with Gasteiger partial charge >= 0.3 is 0 Å². The molecule has 1 aliphatic rings. The summed E-state index contributed by atoms with van der Waals surface area (Å²) in [6, 6.07) is 7.99. The number of hydrogen-bond acceptors (Lipinski definition) is 3. The standard InChI is InChI=1S/C13H18N2O2/c1-17-9-8-15-13(16)11-6-7-14-12-5-3-2-4-10(11)12/h2-5,11,14H,6-9H2,1H3,(H,15,16). The average Bonchev–Trinajstić information content (AvgIpc) is 2.38. The van der Waals surface area contributed by atoms with Crippen LogP contribution in [0.15, 0.2) is 24.3 Å². The van der Waals surface area contributed by atoms with E-state index in [2.05, 4.69) is 10.6 Å². The molecule has 2 rings (SSSR count). The van der Waals surface area contributed by atoms with Gasteiger partial charge in [-0.05, 0) is 18.1 Å². The maximum atomic E-state index is 12.0. The van der Waals surface area contributed by atoms with Gasteiger partial charge in [-0.3, -0.25) is 4.79 Å². The summed E-state index contributed by atoms with van der Waals surface area (Å²) in [5, 5.41) is 6.21. The van der Waals surface area contributed by atoms with Crippen LogP contribution in [0.3, 0.4) is 0 Å². The van der Waals surface area contributed by atoms with Crippen molar-refractivity contribution >= 4 is 11.6 Å². The molecular formula is C13H18N2O2. The molecular weight excluding hydrogens is 216 g/mol. The third kappa shape index (κ3) is 2.77. The summed E-state index contributed by atoms with van der Waals surface area (Å²) in [5.74, 6) is 0.0558. The fraction of sp³-hybridized carbons (Fsp3) is 0.462. The van der Waals surface area contributed by atoms with Gasteiger partial charge in [-0.1, -0.05) is 18.2 Å². The number of rotatable bonds is 4. The Kier molecular flexibility index (Phi) is 3.98. The molecule has 1 aromatic carbocycles. The number of ether oxygens (including phenoxy) is 1. The second-order valence-corrected chi connectivity index (χ2v) is 4.14. The van der Waals surface area contributed by atoms with Crippen LogP contribution in [0.1, 0.15) is 17.9 Å². The maximum Gasteiger partial charge on any atom is 0.227 e. The van der Waals surface area contributed by atoms with Crippen molar-refractivity contribution in [1.82, 2.24) is 5.32 Å². The van der Waals surface area contributed by atoms with E-state index < -0.39 is 0 Å². The first-order valence-corrected chi connectivity index (χ1v) is 5.92. The van der Waals surface area contributed by atoms with Crippen LogP contribution in [0.2, 0.25) is 0 Å². The molecule has 1 atom stereocenters. The molecule has 0 bridgehead atoms. The number of carbonyl (C=O) groups excluding carboxylic acids is 1. The van der Waals surface area contributed by atoms with Crippen LogP contribution in [0.5, 0.6) is 0 Å². The molecule has 1 amide bonds. The van der Waals surface area contributed by atoms with Gasteiger partial charge in [-0.2, -0.15) is 0 Å². The highest BCUT2D eigenvalue weighted by Crippen LogP contribution is 2.31. The van der Waals surface area contributed by atoms with Crippen molar-refractivity contribution in [3.63, 3.8) is 0 Å². The Morgan fingerprint density at radius 3 is 3.18 bits per heavy atom. The number of fused-ring (bicyclic) bond motifs is 1. The molecule has 0 fully saturated rings. The molecule has 1 aliphatic heterocycles. The molecule has 17 heavy (non-hydrogen) atoms. The Bertz CT molecular complexity index is 393. The molecule has 0 aromatic heterocycles. The minimum Gasteiger partial charge on any atom is -0.385 e. The third-order valence-electron chi connectivity index (χ3n) is 3.01. The second kappa shape index (κ2) is 5.68. The van der Waals surface area contributed by atoms with E-state index in [4.69, 9.17) is 4.74 Å². The van der Waals surface area contributed by atoms with Crippen LogP contribution in [0, 0.1) is 0 Å². The lowest BCUT2D eigenvalue weighted by molar-refractivity contribution is -0.122. The van der Waals surface area contributed by atoms with Crippen LogP contribution in [0.4, 0.5) is 5.69 Å². The van der Waals surface area contributed by atoms with E-state index >= 15 is 0 Å². The fourth-order valence-corrected chi connectivity index (χ4v) is 2.14. The summed E-state index contributed by atoms with van der Waals surface area (Å²) in [5.41, 5.74) is 2.17. The Hall–Kier alpha value is -1.55. The van der Waals surface area contributed by atoms with Crippen molar-refractivity contribution in [2.75, 3.05) is 32.1 Å². The van der Waals surface area contributed by atoms with Crippen LogP contribution >= 0.6 is 0 Å². The molecule has 1 unspecified atom stereocenters. The van der Waals surface area contributed by atoms with E-state index in [0.29, 0.717) is 13.2 Å². The van der Waals surface area contributed by atoms with Gasteiger partial charge in [0.05, 0.1) is 12.5 Å². The molecule has 0 radical (unpaired) electrons. The van der Waals surface area contributed by atoms with Crippen molar-refractivity contribution < 1.29 is 9.53 Å². The average molecular weight is 234 g/mol. The van der Waals surface area contributed by atoms with Gasteiger partial charge < -0.3 is 15.4 Å². The zero-order valence-corrected chi connectivity index (χ0v) is 10.0. The Morgan fingerprint density at radius 1 is 1.53 bits per heavy atom. The highest BCUT2D eigenvalue weighted by Gasteiger charge is 2.25. The summed E-state index contributed by atoms with van der Waals surface area (Å²) in [4.78, 5) is 12.0. The molecule has 0 spiro atoms. The van der Waals surface area contributed by atoms with Crippen molar-refractivity contribution in [2.45, 2.75) is 12.3 Å².